The molecule has 88 valence electrons. The van der Waals surface area contributed by atoms with Gasteiger partial charge in [0.2, 0.25) is 11.8 Å². The number of aromatic nitrogens is 2. The van der Waals surface area contributed by atoms with Crippen molar-refractivity contribution in [2.24, 2.45) is 0 Å². The van der Waals surface area contributed by atoms with Gasteiger partial charge < -0.3 is 9.47 Å². The third kappa shape index (κ3) is 3.10. The van der Waals surface area contributed by atoms with E-state index in [0.717, 1.165) is 4.90 Å². The SMILES string of the molecule is COc1cc(OC)nc(Sc2ccccc2)n1. The summed E-state index contributed by atoms with van der Waals surface area (Å²) in [7, 11) is 3.14. The van der Waals surface area contributed by atoms with Crippen LogP contribution in [0.1, 0.15) is 0 Å². The average Bonchev–Trinajstić information content (AvgIpc) is 2.39. The molecule has 0 saturated carbocycles. The van der Waals surface area contributed by atoms with Gasteiger partial charge in [0.15, 0.2) is 5.16 Å². The molecule has 17 heavy (non-hydrogen) atoms. The van der Waals surface area contributed by atoms with Gasteiger partial charge in [-0.05, 0) is 23.9 Å². The zero-order chi connectivity index (χ0) is 12.1. The fourth-order valence-electron chi connectivity index (χ4n) is 1.23. The topological polar surface area (TPSA) is 44.2 Å². The smallest absolute Gasteiger partial charge is 0.220 e. The summed E-state index contributed by atoms with van der Waals surface area (Å²) in [6.07, 6.45) is 0. The normalized spacial score (nSPS) is 10.0. The summed E-state index contributed by atoms with van der Waals surface area (Å²) in [5, 5.41) is 0.604. The van der Waals surface area contributed by atoms with E-state index >= 15 is 0 Å². The lowest BCUT2D eigenvalue weighted by molar-refractivity contribution is 0.364. The lowest BCUT2D eigenvalue weighted by atomic mass is 10.4. The van der Waals surface area contributed by atoms with Crippen LogP contribution >= 0.6 is 11.8 Å². The van der Waals surface area contributed by atoms with Gasteiger partial charge in [-0.2, -0.15) is 9.97 Å². The molecule has 0 radical (unpaired) electrons. The first-order chi connectivity index (χ1) is 8.31. The number of hydrogen-bond donors (Lipinski definition) is 0. The van der Waals surface area contributed by atoms with Crippen LogP contribution in [0, 0.1) is 0 Å². The van der Waals surface area contributed by atoms with Crippen LogP contribution in [0.3, 0.4) is 0 Å². The van der Waals surface area contributed by atoms with Crippen LogP contribution in [-0.2, 0) is 0 Å². The van der Waals surface area contributed by atoms with E-state index in [9.17, 15) is 0 Å². The molecule has 0 unspecified atom stereocenters. The Morgan fingerprint density at radius 3 is 2.06 bits per heavy atom. The summed E-state index contributed by atoms with van der Waals surface area (Å²) in [6.45, 7) is 0. The van der Waals surface area contributed by atoms with E-state index in [-0.39, 0.29) is 0 Å². The molecule has 1 heterocycles. The molecule has 0 aliphatic carbocycles. The molecule has 1 aromatic carbocycles. The van der Waals surface area contributed by atoms with Crippen molar-refractivity contribution in [3.63, 3.8) is 0 Å². The van der Waals surface area contributed by atoms with E-state index in [1.165, 1.54) is 11.8 Å². The van der Waals surface area contributed by atoms with Crippen LogP contribution in [0.15, 0.2) is 46.5 Å². The molecule has 0 amide bonds. The fraction of sp³-hybridized carbons (Fsp3) is 0.167. The Bertz CT molecular complexity index is 469. The molecule has 2 rings (SSSR count). The molecule has 0 N–H and O–H groups in total. The number of ether oxygens (including phenoxy) is 2. The van der Waals surface area contributed by atoms with Crippen molar-refractivity contribution >= 4 is 11.8 Å². The Labute approximate surface area is 104 Å². The zero-order valence-corrected chi connectivity index (χ0v) is 10.4. The van der Waals surface area contributed by atoms with E-state index in [1.54, 1.807) is 20.3 Å². The highest BCUT2D eigenvalue weighted by Crippen LogP contribution is 2.27. The van der Waals surface area contributed by atoms with Gasteiger partial charge in [-0.1, -0.05) is 18.2 Å². The van der Waals surface area contributed by atoms with Crippen molar-refractivity contribution in [2.45, 2.75) is 10.1 Å². The van der Waals surface area contributed by atoms with Crippen LogP contribution in [0.4, 0.5) is 0 Å². The molecule has 5 heteroatoms. The third-order valence-electron chi connectivity index (χ3n) is 2.03. The first kappa shape index (κ1) is 11.7. The lowest BCUT2D eigenvalue weighted by Gasteiger charge is -2.05. The fourth-order valence-corrected chi connectivity index (χ4v) is 2.01. The van der Waals surface area contributed by atoms with Gasteiger partial charge in [0.25, 0.3) is 0 Å². The van der Waals surface area contributed by atoms with E-state index in [1.807, 2.05) is 30.3 Å². The van der Waals surface area contributed by atoms with Crippen LogP contribution in [0.25, 0.3) is 0 Å². The summed E-state index contributed by atoms with van der Waals surface area (Å²) in [5.41, 5.74) is 0. The standard InChI is InChI=1S/C12H12N2O2S/c1-15-10-8-11(16-2)14-12(13-10)17-9-6-4-3-5-7-9/h3-8H,1-2H3. The maximum atomic E-state index is 5.09. The van der Waals surface area contributed by atoms with Gasteiger partial charge in [-0.3, -0.25) is 0 Å². The summed E-state index contributed by atoms with van der Waals surface area (Å²) >= 11 is 1.46. The van der Waals surface area contributed by atoms with Gasteiger partial charge in [0, 0.05) is 4.90 Å². The maximum Gasteiger partial charge on any atom is 0.220 e. The molecular weight excluding hydrogens is 236 g/mol. The second-order valence-electron chi connectivity index (χ2n) is 3.15. The van der Waals surface area contributed by atoms with Gasteiger partial charge in [-0.25, -0.2) is 0 Å². The number of nitrogens with zero attached hydrogens (tertiary/aromatic N) is 2. The summed E-state index contributed by atoms with van der Waals surface area (Å²) in [6, 6.07) is 11.6. The molecule has 2 aromatic rings. The first-order valence-corrected chi connectivity index (χ1v) is 5.83. The van der Waals surface area contributed by atoms with Gasteiger partial charge in [0.05, 0.1) is 20.3 Å². The van der Waals surface area contributed by atoms with Crippen LogP contribution in [-0.4, -0.2) is 24.2 Å². The highest BCUT2D eigenvalue weighted by molar-refractivity contribution is 7.99. The monoisotopic (exact) mass is 248 g/mol. The van der Waals surface area contributed by atoms with Gasteiger partial charge in [-0.15, -0.1) is 0 Å². The maximum absolute atomic E-state index is 5.09. The molecule has 0 fully saturated rings. The average molecular weight is 248 g/mol. The Morgan fingerprint density at radius 2 is 1.53 bits per heavy atom. The molecule has 0 spiro atoms. The highest BCUT2D eigenvalue weighted by atomic mass is 32.2. The molecule has 0 atom stereocenters. The largest absolute Gasteiger partial charge is 0.481 e. The Balaban J connectivity index is 2.26. The second-order valence-corrected chi connectivity index (χ2v) is 4.19. The lowest BCUT2D eigenvalue weighted by Crippen LogP contribution is -1.95. The number of rotatable bonds is 4. The minimum Gasteiger partial charge on any atom is -0.481 e. The van der Waals surface area contributed by atoms with Crippen molar-refractivity contribution in [3.8, 4) is 11.8 Å². The minimum atomic E-state index is 0.496. The van der Waals surface area contributed by atoms with E-state index in [0.29, 0.717) is 16.9 Å². The Morgan fingerprint density at radius 1 is 0.941 bits per heavy atom. The predicted octanol–water partition coefficient (Wildman–Crippen LogP) is 2.65. The molecule has 0 aliphatic heterocycles. The first-order valence-electron chi connectivity index (χ1n) is 5.02. The molecule has 1 aromatic heterocycles. The van der Waals surface area contributed by atoms with E-state index in [2.05, 4.69) is 9.97 Å². The van der Waals surface area contributed by atoms with E-state index in [4.69, 9.17) is 9.47 Å². The summed E-state index contributed by atoms with van der Waals surface area (Å²) < 4.78 is 10.2. The van der Waals surface area contributed by atoms with Crippen LogP contribution in [0.5, 0.6) is 11.8 Å². The number of methoxy groups -OCH3 is 2. The van der Waals surface area contributed by atoms with Crippen molar-refractivity contribution in [1.29, 1.82) is 0 Å². The predicted molar refractivity (Wildman–Crippen MR) is 65.7 cm³/mol. The zero-order valence-electron chi connectivity index (χ0n) is 9.58. The molecule has 0 aliphatic rings. The van der Waals surface area contributed by atoms with Crippen LogP contribution in [0.2, 0.25) is 0 Å². The molecule has 0 saturated heterocycles. The minimum absolute atomic E-state index is 0.496. The Kier molecular flexibility index (Phi) is 3.82. The van der Waals surface area contributed by atoms with Crippen molar-refractivity contribution in [1.82, 2.24) is 9.97 Å². The van der Waals surface area contributed by atoms with Crippen molar-refractivity contribution in [2.75, 3.05) is 14.2 Å². The van der Waals surface area contributed by atoms with E-state index < -0.39 is 0 Å². The highest BCUT2D eigenvalue weighted by Gasteiger charge is 2.06. The van der Waals surface area contributed by atoms with Crippen molar-refractivity contribution < 1.29 is 9.47 Å². The summed E-state index contributed by atoms with van der Waals surface area (Å²) in [4.78, 5) is 9.56. The van der Waals surface area contributed by atoms with Gasteiger partial charge in [0.1, 0.15) is 0 Å². The second kappa shape index (κ2) is 5.54. The molecule has 0 bridgehead atoms. The quantitative estimate of drug-likeness (QED) is 0.778. The number of benzene rings is 1. The molecule has 4 nitrogen and oxygen atoms in total. The van der Waals surface area contributed by atoms with Crippen molar-refractivity contribution in [3.05, 3.63) is 36.4 Å². The van der Waals surface area contributed by atoms with Crippen LogP contribution < -0.4 is 9.47 Å². The Hall–Kier alpha value is -1.75. The summed E-state index contributed by atoms with van der Waals surface area (Å²) in [5.74, 6) is 0.991. The number of hydrogen-bond acceptors (Lipinski definition) is 5. The molecular formula is C12H12N2O2S. The third-order valence-corrected chi connectivity index (χ3v) is 2.90. The van der Waals surface area contributed by atoms with Gasteiger partial charge >= 0.3 is 0 Å².